The number of esters is 1. The molecule has 7 heteroatoms. The summed E-state index contributed by atoms with van der Waals surface area (Å²) in [6, 6.07) is 3.85. The van der Waals surface area contributed by atoms with Crippen LogP contribution in [0.4, 0.5) is 0 Å². The summed E-state index contributed by atoms with van der Waals surface area (Å²) in [5.41, 5.74) is 1.36. The van der Waals surface area contributed by atoms with Gasteiger partial charge in [0, 0.05) is 19.2 Å². The summed E-state index contributed by atoms with van der Waals surface area (Å²) in [4.78, 5) is 12.8. The van der Waals surface area contributed by atoms with Crippen LogP contribution in [0.1, 0.15) is 76.2 Å². The monoisotopic (exact) mass is 426 g/mol. The summed E-state index contributed by atoms with van der Waals surface area (Å²) in [6.07, 6.45) is 4.29. The van der Waals surface area contributed by atoms with E-state index in [0.29, 0.717) is 34.3 Å². The van der Waals surface area contributed by atoms with Crippen molar-refractivity contribution < 1.29 is 28.3 Å². The SMILES string of the molecule is COc1ccc(C2(B3OC4CC5CC(C5(C)C)C4(C)O3)CC2)c2c1C(=O)OC(C)(C)O2. The van der Waals surface area contributed by atoms with Crippen LogP contribution in [-0.2, 0) is 19.4 Å². The van der Waals surface area contributed by atoms with Crippen LogP contribution in [-0.4, -0.2) is 37.7 Å². The molecule has 0 amide bonds. The Morgan fingerprint density at radius 1 is 1.06 bits per heavy atom. The third-order valence-corrected chi connectivity index (χ3v) is 8.96. The standard InChI is InChI=1S/C24H31BO6/c1-21(2)13-11-16(21)23(5)17(12-13)30-25(31-23)24(9-10-24)14-7-8-15(27-6)18-19(14)28-22(3,4)29-20(18)26/h7-8,13,16-17H,9-12H2,1-6H3. The van der Waals surface area contributed by atoms with E-state index in [1.807, 2.05) is 12.1 Å². The van der Waals surface area contributed by atoms with E-state index in [2.05, 4.69) is 20.8 Å². The van der Waals surface area contributed by atoms with Crippen molar-refractivity contribution in [3.63, 3.8) is 0 Å². The lowest BCUT2D eigenvalue weighted by Crippen LogP contribution is -2.65. The Morgan fingerprint density at radius 3 is 2.45 bits per heavy atom. The molecule has 4 unspecified atom stereocenters. The summed E-state index contributed by atoms with van der Waals surface area (Å²) >= 11 is 0. The van der Waals surface area contributed by atoms with Crippen molar-refractivity contribution in [3.05, 3.63) is 23.3 Å². The topological polar surface area (TPSA) is 63.2 Å². The Bertz CT molecular complexity index is 983. The molecule has 4 aliphatic carbocycles. The molecule has 0 radical (unpaired) electrons. The Morgan fingerprint density at radius 2 is 1.81 bits per heavy atom. The van der Waals surface area contributed by atoms with Gasteiger partial charge in [-0.2, -0.15) is 0 Å². The van der Waals surface area contributed by atoms with Crippen LogP contribution in [0.25, 0.3) is 0 Å². The molecule has 7 rings (SSSR count). The smallest absolute Gasteiger partial charge is 0.469 e. The predicted molar refractivity (Wildman–Crippen MR) is 114 cm³/mol. The maximum atomic E-state index is 12.8. The zero-order valence-electron chi connectivity index (χ0n) is 19.2. The van der Waals surface area contributed by atoms with Crippen LogP contribution >= 0.6 is 0 Å². The number of rotatable bonds is 3. The molecule has 2 heterocycles. The minimum absolute atomic E-state index is 0.128. The lowest BCUT2D eigenvalue weighted by Gasteiger charge is -2.64. The Balaban J connectivity index is 1.40. The molecule has 0 aromatic heterocycles. The maximum absolute atomic E-state index is 12.8. The van der Waals surface area contributed by atoms with Crippen molar-refractivity contribution in [1.82, 2.24) is 0 Å². The molecule has 0 spiro atoms. The lowest BCUT2D eigenvalue weighted by molar-refractivity contribution is -0.199. The van der Waals surface area contributed by atoms with Gasteiger partial charge in [-0.25, -0.2) is 4.79 Å². The van der Waals surface area contributed by atoms with Gasteiger partial charge in [0.1, 0.15) is 17.1 Å². The minimum atomic E-state index is -1.04. The van der Waals surface area contributed by atoms with Crippen molar-refractivity contribution in [2.24, 2.45) is 17.3 Å². The minimum Gasteiger partial charge on any atom is -0.496 e. The van der Waals surface area contributed by atoms with Crippen LogP contribution in [0.2, 0.25) is 0 Å². The number of ether oxygens (including phenoxy) is 3. The second-order valence-corrected chi connectivity index (χ2v) is 11.4. The average Bonchev–Trinajstić information content (AvgIpc) is 3.40. The van der Waals surface area contributed by atoms with Gasteiger partial charge in [-0.3, -0.25) is 0 Å². The predicted octanol–water partition coefficient (Wildman–Crippen LogP) is 4.28. The van der Waals surface area contributed by atoms with Gasteiger partial charge in [-0.05, 0) is 61.5 Å². The molecular formula is C24H31BO6. The van der Waals surface area contributed by atoms with Crippen LogP contribution in [0.5, 0.6) is 11.5 Å². The Labute approximate surface area is 184 Å². The number of methoxy groups -OCH3 is 1. The number of carbonyl (C=O) groups excluding carboxylic acids is 1. The van der Waals surface area contributed by atoms with Gasteiger partial charge in [0.05, 0.1) is 18.8 Å². The molecule has 4 atom stereocenters. The van der Waals surface area contributed by atoms with Gasteiger partial charge in [0.2, 0.25) is 5.79 Å². The molecule has 31 heavy (non-hydrogen) atoms. The van der Waals surface area contributed by atoms with E-state index in [9.17, 15) is 4.79 Å². The van der Waals surface area contributed by atoms with Gasteiger partial charge < -0.3 is 23.5 Å². The number of fused-ring (bicyclic) bond motifs is 1. The first-order chi connectivity index (χ1) is 14.5. The van der Waals surface area contributed by atoms with Crippen molar-refractivity contribution in [2.75, 3.05) is 7.11 Å². The number of hydrogen-bond acceptors (Lipinski definition) is 6. The molecule has 2 bridgehead atoms. The number of carbonyl (C=O) groups is 1. The lowest BCUT2D eigenvalue weighted by atomic mass is 9.43. The first-order valence-electron chi connectivity index (χ1n) is 11.5. The summed E-state index contributed by atoms with van der Waals surface area (Å²) in [6.45, 7) is 10.5. The average molecular weight is 426 g/mol. The van der Waals surface area contributed by atoms with E-state index in [1.54, 1.807) is 21.0 Å². The molecule has 1 aromatic rings. The molecule has 2 aliphatic heterocycles. The van der Waals surface area contributed by atoms with Gasteiger partial charge in [-0.1, -0.05) is 19.9 Å². The highest BCUT2D eigenvalue weighted by atomic mass is 16.7. The molecule has 1 saturated heterocycles. The van der Waals surface area contributed by atoms with Crippen LogP contribution in [0.3, 0.4) is 0 Å². The second-order valence-electron chi connectivity index (χ2n) is 11.4. The summed E-state index contributed by atoms with van der Waals surface area (Å²) < 4.78 is 30.6. The molecule has 4 saturated carbocycles. The van der Waals surface area contributed by atoms with E-state index >= 15 is 0 Å². The summed E-state index contributed by atoms with van der Waals surface area (Å²) in [7, 11) is 1.22. The van der Waals surface area contributed by atoms with Crippen molar-refractivity contribution in [3.8, 4) is 11.5 Å². The molecule has 0 N–H and O–H groups in total. The molecule has 166 valence electrons. The first-order valence-corrected chi connectivity index (χ1v) is 11.5. The molecule has 5 fully saturated rings. The summed E-state index contributed by atoms with van der Waals surface area (Å²) in [5, 5.41) is -0.307. The van der Waals surface area contributed by atoms with Crippen LogP contribution < -0.4 is 9.47 Å². The van der Waals surface area contributed by atoms with Crippen molar-refractivity contribution in [1.29, 1.82) is 0 Å². The number of benzene rings is 1. The zero-order valence-corrected chi connectivity index (χ0v) is 19.2. The summed E-state index contributed by atoms with van der Waals surface area (Å²) in [5.74, 6) is 0.781. The van der Waals surface area contributed by atoms with Crippen LogP contribution in [0, 0.1) is 17.3 Å². The van der Waals surface area contributed by atoms with Crippen molar-refractivity contribution in [2.45, 2.75) is 83.1 Å². The van der Waals surface area contributed by atoms with Gasteiger partial charge in [0.25, 0.3) is 0 Å². The third-order valence-electron chi connectivity index (χ3n) is 8.96. The fourth-order valence-electron chi connectivity index (χ4n) is 6.84. The third kappa shape index (κ3) is 2.45. The van der Waals surface area contributed by atoms with E-state index in [4.69, 9.17) is 23.5 Å². The largest absolute Gasteiger partial charge is 0.496 e. The Kier molecular flexibility index (Phi) is 3.72. The normalized spacial score (nSPS) is 37.7. The quantitative estimate of drug-likeness (QED) is 0.531. The van der Waals surface area contributed by atoms with Crippen molar-refractivity contribution >= 4 is 13.1 Å². The zero-order chi connectivity index (χ0) is 22.0. The van der Waals surface area contributed by atoms with Gasteiger partial charge >= 0.3 is 13.1 Å². The highest BCUT2D eigenvalue weighted by Gasteiger charge is 2.72. The first kappa shape index (κ1) is 19.9. The van der Waals surface area contributed by atoms with E-state index in [-0.39, 0.29) is 24.1 Å². The second kappa shape index (κ2) is 5.79. The fourth-order valence-corrected chi connectivity index (χ4v) is 6.84. The molecule has 1 aromatic carbocycles. The Hall–Kier alpha value is -1.73. The molecule has 6 nitrogen and oxygen atoms in total. The van der Waals surface area contributed by atoms with E-state index < -0.39 is 11.8 Å². The van der Waals surface area contributed by atoms with Gasteiger partial charge in [0.15, 0.2) is 0 Å². The van der Waals surface area contributed by atoms with Gasteiger partial charge in [-0.15, -0.1) is 0 Å². The number of cyclic esters (lactones) is 1. The molecular weight excluding hydrogens is 395 g/mol. The fraction of sp³-hybridized carbons (Fsp3) is 0.708. The maximum Gasteiger partial charge on any atom is 0.469 e. The molecule has 6 aliphatic rings. The van der Waals surface area contributed by atoms with E-state index in [0.717, 1.165) is 24.8 Å². The van der Waals surface area contributed by atoms with E-state index in [1.165, 1.54) is 6.42 Å². The highest BCUT2D eigenvalue weighted by molar-refractivity contribution is 6.51. The number of hydrogen-bond donors (Lipinski definition) is 0. The highest BCUT2D eigenvalue weighted by Crippen LogP contribution is 2.68. The van der Waals surface area contributed by atoms with Crippen LogP contribution in [0.15, 0.2) is 12.1 Å².